The van der Waals surface area contributed by atoms with Crippen molar-refractivity contribution in [2.45, 2.75) is 115 Å². The minimum Gasteiger partial charge on any atom is -0.403 e. The second-order valence-electron chi connectivity index (χ2n) is 16.5. The number of unbranched alkanes of at least 4 members (excludes halogenated alkanes) is 1. The van der Waals surface area contributed by atoms with Crippen LogP contribution in [0, 0.1) is 17.3 Å². The molecule has 3 aliphatic carbocycles. The quantitative estimate of drug-likeness (QED) is 0.0575. The van der Waals surface area contributed by atoms with Gasteiger partial charge in [0.1, 0.15) is 30.2 Å². The number of rotatable bonds is 18. The molecule has 0 spiro atoms. The largest absolute Gasteiger partial charge is 0.497 e. The maximum atomic E-state index is 13.6. The monoisotopic (exact) mass is 824 g/mol. The first kappa shape index (κ1) is 45.0. The number of nitrogens with two attached hydrogens (primary N) is 3. The van der Waals surface area contributed by atoms with Gasteiger partial charge in [-0.3, -0.25) is 24.0 Å². The number of carbonyl (C=O) groups is 5. The van der Waals surface area contributed by atoms with Gasteiger partial charge in [-0.15, -0.1) is 0 Å². The summed E-state index contributed by atoms with van der Waals surface area (Å²) in [5.74, 6) is -2.72. The molecular weight excluding hydrogens is 767 g/mol. The van der Waals surface area contributed by atoms with Gasteiger partial charge in [0.25, 0.3) is 5.91 Å². The second-order valence-corrected chi connectivity index (χ2v) is 17.0. The van der Waals surface area contributed by atoms with Gasteiger partial charge in [0.05, 0.1) is 17.8 Å². The smallest absolute Gasteiger partial charge is 0.403 e. The maximum Gasteiger partial charge on any atom is 0.497 e. The van der Waals surface area contributed by atoms with Gasteiger partial charge in [-0.1, -0.05) is 49.7 Å². The zero-order valence-electron chi connectivity index (χ0n) is 33.8. The molecule has 2 bridgehead atoms. The molecule has 1 aliphatic heterocycles. The van der Waals surface area contributed by atoms with Crippen LogP contribution in [-0.4, -0.2) is 103 Å². The highest BCUT2D eigenvalue weighted by Gasteiger charge is 2.68. The van der Waals surface area contributed by atoms with Gasteiger partial charge in [0, 0.05) is 17.1 Å². The summed E-state index contributed by atoms with van der Waals surface area (Å²) < 4.78 is 12.6. The van der Waals surface area contributed by atoms with E-state index in [4.69, 9.17) is 38.1 Å². The Morgan fingerprint density at radius 2 is 1.45 bits per heavy atom. The van der Waals surface area contributed by atoms with Crippen LogP contribution in [0.4, 0.5) is 0 Å². The summed E-state index contributed by atoms with van der Waals surface area (Å²) in [6.07, 6.45) is 1.71. The summed E-state index contributed by atoms with van der Waals surface area (Å²) in [4.78, 5) is 66.6. The lowest BCUT2D eigenvalue weighted by Gasteiger charge is -2.64. The van der Waals surface area contributed by atoms with Gasteiger partial charge < -0.3 is 58.2 Å². The number of hydrogen-bond acceptors (Lipinski definition) is 11. The molecule has 4 fully saturated rings. The summed E-state index contributed by atoms with van der Waals surface area (Å²) in [5.41, 5.74) is 19.5. The molecule has 5 amide bonds. The van der Waals surface area contributed by atoms with Crippen molar-refractivity contribution in [3.8, 4) is 11.1 Å². The lowest BCUT2D eigenvalue weighted by Crippen LogP contribution is -2.65. The Kier molecular flexibility index (Phi) is 14.6. The van der Waals surface area contributed by atoms with Crippen LogP contribution in [0.1, 0.15) is 77.1 Å². The second kappa shape index (κ2) is 18.9. The van der Waals surface area contributed by atoms with E-state index in [1.54, 1.807) is 36.4 Å². The summed E-state index contributed by atoms with van der Waals surface area (Å²) >= 11 is 5.98. The van der Waals surface area contributed by atoms with Crippen LogP contribution >= 0.6 is 11.6 Å². The van der Waals surface area contributed by atoms with E-state index in [2.05, 4.69) is 40.4 Å². The molecule has 0 aromatic heterocycles. The molecule has 2 aromatic rings. The molecule has 12 N–H and O–H groups in total. The Bertz CT molecular complexity index is 1800. The van der Waals surface area contributed by atoms with Crippen LogP contribution in [0.3, 0.4) is 0 Å². The highest BCUT2D eigenvalue weighted by atomic mass is 35.5. The molecule has 58 heavy (non-hydrogen) atoms. The van der Waals surface area contributed by atoms with E-state index in [0.29, 0.717) is 36.2 Å². The fourth-order valence-electron chi connectivity index (χ4n) is 8.40. The predicted molar refractivity (Wildman–Crippen MR) is 219 cm³/mol. The first-order valence-electron chi connectivity index (χ1n) is 19.9. The maximum absolute atomic E-state index is 13.6. The third-order valence-corrected chi connectivity index (χ3v) is 12.4. The van der Waals surface area contributed by atoms with Crippen LogP contribution in [0.25, 0.3) is 11.1 Å². The third-order valence-electron chi connectivity index (χ3n) is 12.1. The molecular formula is C40H58BClN8O8. The molecule has 4 aliphatic rings. The number of amides is 5. The lowest BCUT2D eigenvalue weighted by molar-refractivity contribution is -0.199. The SMILES string of the molecule is C[C@H](NC(=O)[C@@H](NC(=O)[C@H](CN)NC(=O)c1ccc(-c2ccc(Cl)cc2)cc1)[C@@H](C)O)C(=O)N[C@@H](CCCCN)C(=O)N[C@@H](N)B1OC2C[C@@H]3C[C@@H](C3(C)C)[C@]2(C)O1. The van der Waals surface area contributed by atoms with Gasteiger partial charge in [0.2, 0.25) is 23.6 Å². The number of nitrogens with one attached hydrogen (secondary N) is 5. The summed E-state index contributed by atoms with van der Waals surface area (Å²) in [6.45, 7) is 9.28. The van der Waals surface area contributed by atoms with Crippen LogP contribution in [0.2, 0.25) is 5.02 Å². The van der Waals surface area contributed by atoms with Gasteiger partial charge >= 0.3 is 7.12 Å². The van der Waals surface area contributed by atoms with E-state index >= 15 is 0 Å². The van der Waals surface area contributed by atoms with Crippen molar-refractivity contribution < 1.29 is 38.4 Å². The highest BCUT2D eigenvalue weighted by molar-refractivity contribution is 6.47. The molecule has 3 saturated carbocycles. The Morgan fingerprint density at radius 1 is 0.828 bits per heavy atom. The zero-order valence-corrected chi connectivity index (χ0v) is 34.5. The van der Waals surface area contributed by atoms with Gasteiger partial charge in [-0.2, -0.15) is 0 Å². The molecule has 10 atom stereocenters. The van der Waals surface area contributed by atoms with Gasteiger partial charge in [0.15, 0.2) is 0 Å². The van der Waals surface area contributed by atoms with E-state index in [9.17, 15) is 29.1 Å². The molecule has 18 heteroatoms. The lowest BCUT2D eigenvalue weighted by atomic mass is 9.43. The zero-order chi connectivity index (χ0) is 42.5. The van der Waals surface area contributed by atoms with Crippen molar-refractivity contribution in [3.63, 3.8) is 0 Å². The van der Waals surface area contributed by atoms with Crippen molar-refractivity contribution in [3.05, 3.63) is 59.1 Å². The molecule has 316 valence electrons. The van der Waals surface area contributed by atoms with Crippen LogP contribution in [0.15, 0.2) is 48.5 Å². The highest BCUT2D eigenvalue weighted by Crippen LogP contribution is 2.65. The normalized spacial score (nSPS) is 24.7. The van der Waals surface area contributed by atoms with E-state index in [1.165, 1.54) is 13.8 Å². The molecule has 6 rings (SSSR count). The molecule has 1 unspecified atom stereocenters. The minimum absolute atomic E-state index is 0.126. The average molecular weight is 825 g/mol. The molecule has 0 radical (unpaired) electrons. The third kappa shape index (κ3) is 10.0. The predicted octanol–water partition coefficient (Wildman–Crippen LogP) is 0.717. The number of carbonyl (C=O) groups excluding carboxylic acids is 5. The Hall–Kier alpha value is -4.10. The minimum atomic E-state index is -1.53. The molecule has 2 aromatic carbocycles. The summed E-state index contributed by atoms with van der Waals surface area (Å²) in [5, 5.41) is 24.0. The van der Waals surface area contributed by atoms with Crippen molar-refractivity contribution >= 4 is 48.3 Å². The number of hydrogen-bond donors (Lipinski definition) is 9. The number of aliphatic hydroxyl groups excluding tert-OH is 1. The van der Waals surface area contributed by atoms with Crippen LogP contribution in [-0.2, 0) is 28.5 Å². The van der Waals surface area contributed by atoms with E-state index in [0.717, 1.165) is 24.0 Å². The summed E-state index contributed by atoms with van der Waals surface area (Å²) in [7, 11) is -0.875. The van der Waals surface area contributed by atoms with Crippen LogP contribution in [0.5, 0.6) is 0 Å². The topological polar surface area (TPSA) is 262 Å². The molecule has 1 saturated heterocycles. The van der Waals surface area contributed by atoms with Crippen LogP contribution < -0.4 is 43.8 Å². The molecule has 16 nitrogen and oxygen atoms in total. The number of benzene rings is 2. The average Bonchev–Trinajstić information content (AvgIpc) is 3.56. The standard InChI is InChI=1S/C40H58BClN8O8/c1-21(33(52)47-28(8-6-7-17-43)35(54)50-38(45)41-57-31-19-26-18-30(39(26,3)4)40(31,5)58-41)46-37(56)32(22(2)51)49-36(55)29(20-44)48-34(53)25-11-9-23(10-12-25)24-13-15-27(42)16-14-24/h9-16,21-22,26,28-32,38,51H,6-8,17-20,43-45H2,1-5H3,(H,46,56)(H,47,52)(H,48,53)(H,49,55)(H,50,54)/t21-,22+,26-,28-,29-,30-,31?,32-,38+,40-/m0/s1. The number of halogens is 1. The first-order chi connectivity index (χ1) is 27.4. The molecule has 1 heterocycles. The fourth-order valence-corrected chi connectivity index (χ4v) is 8.53. The Balaban J connectivity index is 1.14. The van der Waals surface area contributed by atoms with Crippen molar-refractivity contribution in [2.75, 3.05) is 13.1 Å². The van der Waals surface area contributed by atoms with E-state index in [1.807, 2.05) is 19.1 Å². The fraction of sp³-hybridized carbons (Fsp3) is 0.575. The van der Waals surface area contributed by atoms with Crippen molar-refractivity contribution in [1.82, 2.24) is 26.6 Å². The first-order valence-corrected chi connectivity index (χ1v) is 20.3. The summed E-state index contributed by atoms with van der Waals surface area (Å²) in [6, 6.07) is 7.85. The van der Waals surface area contributed by atoms with Gasteiger partial charge in [-0.25, -0.2) is 0 Å². The van der Waals surface area contributed by atoms with Crippen molar-refractivity contribution in [2.24, 2.45) is 34.5 Å². The van der Waals surface area contributed by atoms with E-state index < -0.39 is 78.6 Å². The number of aliphatic hydroxyl groups is 1. The van der Waals surface area contributed by atoms with E-state index in [-0.39, 0.29) is 30.0 Å². The van der Waals surface area contributed by atoms with Crippen molar-refractivity contribution in [1.29, 1.82) is 0 Å². The Labute approximate surface area is 344 Å². The van der Waals surface area contributed by atoms with Gasteiger partial charge in [-0.05, 0) is 112 Å². The Morgan fingerprint density at radius 3 is 2.03 bits per heavy atom.